The van der Waals surface area contributed by atoms with E-state index in [2.05, 4.69) is 4.72 Å². The number of rotatable bonds is 4. The Kier molecular flexibility index (Phi) is 3.97. The fourth-order valence-corrected chi connectivity index (χ4v) is 2.98. The highest BCUT2D eigenvalue weighted by atomic mass is 32.2. The van der Waals surface area contributed by atoms with Gasteiger partial charge in [0.15, 0.2) is 0 Å². The monoisotopic (exact) mass is 279 g/mol. The van der Waals surface area contributed by atoms with Crippen LogP contribution in [-0.4, -0.2) is 8.42 Å². The third-order valence-electron chi connectivity index (χ3n) is 2.76. The first-order chi connectivity index (χ1) is 8.99. The maximum absolute atomic E-state index is 12.7. The minimum atomic E-state index is -3.54. The van der Waals surface area contributed by atoms with Crippen LogP contribution in [0.15, 0.2) is 53.4 Å². The summed E-state index contributed by atoms with van der Waals surface area (Å²) in [7, 11) is -3.54. The van der Waals surface area contributed by atoms with E-state index in [0.29, 0.717) is 11.1 Å². The molecular formula is C14H14FNO2S. The molecule has 0 bridgehead atoms. The molecule has 2 rings (SSSR count). The molecule has 0 atom stereocenters. The summed E-state index contributed by atoms with van der Waals surface area (Å²) in [5.74, 6) is -0.342. The summed E-state index contributed by atoms with van der Waals surface area (Å²) < 4.78 is 39.5. The summed E-state index contributed by atoms with van der Waals surface area (Å²) in [6.07, 6.45) is 0. The molecule has 19 heavy (non-hydrogen) atoms. The van der Waals surface area contributed by atoms with Gasteiger partial charge in [-0.05, 0) is 36.2 Å². The first-order valence-corrected chi connectivity index (χ1v) is 7.27. The molecule has 0 saturated heterocycles. The second-order valence-electron chi connectivity index (χ2n) is 4.22. The topological polar surface area (TPSA) is 46.2 Å². The molecule has 0 spiro atoms. The lowest BCUT2D eigenvalue weighted by atomic mass is 10.2. The molecule has 1 N–H and O–H groups in total. The van der Waals surface area contributed by atoms with Crippen molar-refractivity contribution < 1.29 is 12.8 Å². The van der Waals surface area contributed by atoms with Crippen molar-refractivity contribution in [2.24, 2.45) is 0 Å². The standard InChI is InChI=1S/C14H14FNO2S/c1-11-4-2-3-5-14(11)19(17,18)16-10-12-6-8-13(15)9-7-12/h2-9,16H,10H2,1H3. The van der Waals surface area contributed by atoms with Gasteiger partial charge in [-0.15, -0.1) is 0 Å². The zero-order chi connectivity index (χ0) is 13.9. The molecular weight excluding hydrogens is 265 g/mol. The lowest BCUT2D eigenvalue weighted by molar-refractivity contribution is 0.580. The fourth-order valence-electron chi connectivity index (χ4n) is 1.72. The molecule has 0 unspecified atom stereocenters. The van der Waals surface area contributed by atoms with E-state index in [0.717, 1.165) is 0 Å². The van der Waals surface area contributed by atoms with Crippen molar-refractivity contribution in [2.75, 3.05) is 0 Å². The Labute approximate surface area is 112 Å². The molecule has 0 aromatic heterocycles. The lowest BCUT2D eigenvalue weighted by Gasteiger charge is -2.09. The number of nitrogens with one attached hydrogen (secondary N) is 1. The van der Waals surface area contributed by atoms with Crippen LogP contribution in [0.2, 0.25) is 0 Å². The van der Waals surface area contributed by atoms with Crippen LogP contribution in [0.3, 0.4) is 0 Å². The Hall–Kier alpha value is -1.72. The van der Waals surface area contributed by atoms with E-state index in [4.69, 9.17) is 0 Å². The predicted octanol–water partition coefficient (Wildman–Crippen LogP) is 2.61. The molecule has 0 fully saturated rings. The molecule has 5 heteroatoms. The summed E-state index contributed by atoms with van der Waals surface area (Å²) in [4.78, 5) is 0.261. The van der Waals surface area contributed by atoms with Gasteiger partial charge in [-0.3, -0.25) is 0 Å². The highest BCUT2D eigenvalue weighted by Gasteiger charge is 2.15. The van der Waals surface area contributed by atoms with Crippen LogP contribution in [0, 0.1) is 12.7 Å². The highest BCUT2D eigenvalue weighted by Crippen LogP contribution is 2.14. The Morgan fingerprint density at radius 2 is 1.68 bits per heavy atom. The van der Waals surface area contributed by atoms with Gasteiger partial charge in [0.25, 0.3) is 0 Å². The predicted molar refractivity (Wildman–Crippen MR) is 71.6 cm³/mol. The van der Waals surface area contributed by atoms with Crippen LogP contribution in [-0.2, 0) is 16.6 Å². The number of aryl methyl sites for hydroxylation is 1. The second-order valence-corrected chi connectivity index (χ2v) is 5.95. The average Bonchev–Trinajstić information content (AvgIpc) is 2.38. The Morgan fingerprint density at radius 1 is 1.05 bits per heavy atom. The van der Waals surface area contributed by atoms with Crippen LogP contribution in [0.1, 0.15) is 11.1 Å². The Morgan fingerprint density at radius 3 is 2.32 bits per heavy atom. The zero-order valence-corrected chi connectivity index (χ0v) is 11.2. The average molecular weight is 279 g/mol. The van der Waals surface area contributed by atoms with Crippen molar-refractivity contribution in [2.45, 2.75) is 18.4 Å². The number of hydrogen-bond acceptors (Lipinski definition) is 2. The third kappa shape index (κ3) is 3.39. The molecule has 0 aliphatic rings. The van der Waals surface area contributed by atoms with Crippen LogP contribution < -0.4 is 4.72 Å². The number of sulfonamides is 1. The molecule has 2 aromatic rings. The van der Waals surface area contributed by atoms with Gasteiger partial charge in [0.1, 0.15) is 5.82 Å². The van der Waals surface area contributed by atoms with Crippen LogP contribution >= 0.6 is 0 Å². The number of benzene rings is 2. The lowest BCUT2D eigenvalue weighted by Crippen LogP contribution is -2.23. The summed E-state index contributed by atoms with van der Waals surface area (Å²) >= 11 is 0. The van der Waals surface area contributed by atoms with E-state index in [1.54, 1.807) is 43.3 Å². The van der Waals surface area contributed by atoms with Crippen molar-refractivity contribution >= 4 is 10.0 Å². The van der Waals surface area contributed by atoms with E-state index in [9.17, 15) is 12.8 Å². The normalized spacial score (nSPS) is 11.5. The molecule has 0 aliphatic heterocycles. The van der Waals surface area contributed by atoms with Gasteiger partial charge in [0.2, 0.25) is 10.0 Å². The van der Waals surface area contributed by atoms with Gasteiger partial charge in [0, 0.05) is 6.54 Å². The van der Waals surface area contributed by atoms with Gasteiger partial charge in [-0.25, -0.2) is 17.5 Å². The molecule has 0 amide bonds. The number of hydrogen-bond donors (Lipinski definition) is 1. The van der Waals surface area contributed by atoms with Crippen molar-refractivity contribution in [3.05, 3.63) is 65.5 Å². The molecule has 2 aromatic carbocycles. The first kappa shape index (κ1) is 13.7. The molecule has 3 nitrogen and oxygen atoms in total. The minimum Gasteiger partial charge on any atom is -0.207 e. The van der Waals surface area contributed by atoms with Crippen LogP contribution in [0.25, 0.3) is 0 Å². The van der Waals surface area contributed by atoms with Crippen LogP contribution in [0.5, 0.6) is 0 Å². The van der Waals surface area contributed by atoms with Crippen molar-refractivity contribution in [3.63, 3.8) is 0 Å². The maximum Gasteiger partial charge on any atom is 0.241 e. The summed E-state index contributed by atoms with van der Waals surface area (Å²) in [6, 6.07) is 12.5. The third-order valence-corrected chi connectivity index (χ3v) is 4.32. The van der Waals surface area contributed by atoms with Crippen molar-refractivity contribution in [3.8, 4) is 0 Å². The largest absolute Gasteiger partial charge is 0.241 e. The first-order valence-electron chi connectivity index (χ1n) is 5.79. The molecule has 100 valence electrons. The quantitative estimate of drug-likeness (QED) is 0.935. The summed E-state index contributed by atoms with van der Waals surface area (Å²) in [5, 5.41) is 0. The van der Waals surface area contributed by atoms with E-state index >= 15 is 0 Å². The molecule has 0 aliphatic carbocycles. The fraction of sp³-hybridized carbons (Fsp3) is 0.143. The molecule has 0 heterocycles. The number of halogens is 1. The molecule has 0 radical (unpaired) electrons. The zero-order valence-electron chi connectivity index (χ0n) is 10.4. The summed E-state index contributed by atoms with van der Waals surface area (Å²) in [6.45, 7) is 1.88. The van der Waals surface area contributed by atoms with Crippen molar-refractivity contribution in [1.82, 2.24) is 4.72 Å². The maximum atomic E-state index is 12.7. The van der Waals surface area contributed by atoms with Gasteiger partial charge in [0.05, 0.1) is 4.90 Å². The van der Waals surface area contributed by atoms with Crippen molar-refractivity contribution in [1.29, 1.82) is 0 Å². The smallest absolute Gasteiger partial charge is 0.207 e. The van der Waals surface area contributed by atoms with E-state index < -0.39 is 10.0 Å². The van der Waals surface area contributed by atoms with Gasteiger partial charge in [-0.1, -0.05) is 30.3 Å². The van der Waals surface area contributed by atoms with Gasteiger partial charge >= 0.3 is 0 Å². The van der Waals surface area contributed by atoms with Crippen LogP contribution in [0.4, 0.5) is 4.39 Å². The van der Waals surface area contributed by atoms with Gasteiger partial charge in [-0.2, -0.15) is 0 Å². The molecule has 0 saturated carbocycles. The van der Waals surface area contributed by atoms with E-state index in [1.165, 1.54) is 12.1 Å². The highest BCUT2D eigenvalue weighted by molar-refractivity contribution is 7.89. The minimum absolute atomic E-state index is 0.136. The Bertz CT molecular complexity index is 666. The van der Waals surface area contributed by atoms with E-state index in [1.807, 2.05) is 0 Å². The SMILES string of the molecule is Cc1ccccc1S(=O)(=O)NCc1ccc(F)cc1. The Balaban J connectivity index is 2.14. The second kappa shape index (κ2) is 5.50. The van der Waals surface area contributed by atoms with Gasteiger partial charge < -0.3 is 0 Å². The van der Waals surface area contributed by atoms with E-state index in [-0.39, 0.29) is 17.3 Å². The summed E-state index contributed by atoms with van der Waals surface area (Å²) in [5.41, 5.74) is 1.40.